The molecule has 3 aliphatic heterocycles. The molecule has 0 amide bonds. The van der Waals surface area contributed by atoms with E-state index in [1.165, 1.54) is 6.08 Å². The van der Waals surface area contributed by atoms with E-state index in [4.69, 9.17) is 33.0 Å². The Morgan fingerprint density at radius 2 is 1.58 bits per heavy atom. The third-order valence-electron chi connectivity index (χ3n) is 4.03. The highest BCUT2D eigenvalue weighted by molar-refractivity contribution is 7.39. The van der Waals surface area contributed by atoms with Crippen LogP contribution in [-0.4, -0.2) is 93.2 Å². The molecule has 0 spiro atoms. The Morgan fingerprint density at radius 3 is 2.04 bits per heavy atom. The van der Waals surface area contributed by atoms with Gasteiger partial charge in [-0.15, -0.1) is 23.2 Å². The van der Waals surface area contributed by atoms with Gasteiger partial charge in [-0.3, -0.25) is 9.59 Å². The maximum Gasteiger partial charge on any atom is 0.327 e. The van der Waals surface area contributed by atoms with E-state index in [9.17, 15) is 9.59 Å². The highest BCUT2D eigenvalue weighted by Crippen LogP contribution is 2.33. The summed E-state index contributed by atoms with van der Waals surface area (Å²) in [6, 6.07) is 0. The Balaban J connectivity index is 0.000000188. The lowest BCUT2D eigenvalue weighted by Gasteiger charge is -2.21. The van der Waals surface area contributed by atoms with E-state index in [0.717, 1.165) is 39.3 Å². The molecular weight excluding hydrogens is 404 g/mol. The van der Waals surface area contributed by atoms with Crippen molar-refractivity contribution in [3.8, 4) is 0 Å². The molecule has 4 aliphatic rings. The van der Waals surface area contributed by atoms with Gasteiger partial charge in [0.1, 0.15) is 11.4 Å². The number of hydrogen-bond donors (Lipinski definition) is 2. The van der Waals surface area contributed by atoms with Gasteiger partial charge in [-0.25, -0.2) is 0 Å². The quantitative estimate of drug-likeness (QED) is 0.260. The van der Waals surface area contributed by atoms with Crippen molar-refractivity contribution in [1.82, 2.24) is 14.7 Å². The summed E-state index contributed by atoms with van der Waals surface area (Å²) in [5.41, 5.74) is 1.89. The van der Waals surface area contributed by atoms with Crippen LogP contribution in [0.1, 0.15) is 0 Å². The third kappa shape index (κ3) is 5.09. The summed E-state index contributed by atoms with van der Waals surface area (Å²) in [6.07, 6.45) is 1.52. The molecule has 3 saturated heterocycles. The van der Waals surface area contributed by atoms with Gasteiger partial charge in [0.2, 0.25) is 11.6 Å². The van der Waals surface area contributed by atoms with Crippen LogP contribution >= 0.6 is 31.8 Å². The predicted molar refractivity (Wildman–Crippen MR) is 97.5 cm³/mol. The Labute approximate surface area is 162 Å². The summed E-state index contributed by atoms with van der Waals surface area (Å²) in [5.74, 6) is 0.289. The van der Waals surface area contributed by atoms with Crippen molar-refractivity contribution in [2.45, 2.75) is 5.38 Å². The zero-order valence-electron chi connectivity index (χ0n) is 14.0. The van der Waals surface area contributed by atoms with Crippen molar-refractivity contribution in [3.05, 3.63) is 23.2 Å². The number of rotatable bonds is 7. The second-order valence-corrected chi connectivity index (χ2v) is 7.87. The van der Waals surface area contributed by atoms with Crippen molar-refractivity contribution in [2.24, 2.45) is 0 Å². The summed E-state index contributed by atoms with van der Waals surface area (Å²) in [4.78, 5) is 46.9. The van der Waals surface area contributed by atoms with Crippen LogP contribution in [0.25, 0.3) is 0 Å². The number of nitrogens with zero attached hydrogens (tertiary/aromatic N) is 3. The molecule has 0 aromatic carbocycles. The van der Waals surface area contributed by atoms with Crippen LogP contribution in [0.15, 0.2) is 23.2 Å². The molecule has 144 valence electrons. The Bertz CT molecular complexity index is 645. The second kappa shape index (κ2) is 8.42. The first-order valence-corrected chi connectivity index (χ1v) is 10.4. The van der Waals surface area contributed by atoms with Crippen molar-refractivity contribution in [2.75, 3.05) is 51.8 Å². The van der Waals surface area contributed by atoms with Crippen LogP contribution in [0.2, 0.25) is 0 Å². The second-order valence-electron chi connectivity index (χ2n) is 6.18. The molecule has 0 bridgehead atoms. The molecule has 11 heteroatoms. The van der Waals surface area contributed by atoms with E-state index in [2.05, 4.69) is 4.52 Å². The number of carbonyl (C=O) groups is 2. The minimum absolute atomic E-state index is 0.00546. The van der Waals surface area contributed by atoms with Crippen LogP contribution in [0.3, 0.4) is 0 Å². The molecule has 2 N–H and O–H groups in total. The zero-order chi connectivity index (χ0) is 18.8. The minimum Gasteiger partial charge on any atom is -0.365 e. The molecule has 0 aromatic rings. The van der Waals surface area contributed by atoms with E-state index < -0.39 is 8.60 Å². The third-order valence-corrected chi connectivity index (χ3v) is 5.22. The van der Waals surface area contributed by atoms with Gasteiger partial charge in [0.25, 0.3) is 0 Å². The normalized spacial score (nSPS) is 22.3. The lowest BCUT2D eigenvalue weighted by Crippen LogP contribution is -2.29. The van der Waals surface area contributed by atoms with Crippen molar-refractivity contribution < 1.29 is 23.9 Å². The van der Waals surface area contributed by atoms with Crippen LogP contribution in [0.5, 0.6) is 0 Å². The largest absolute Gasteiger partial charge is 0.365 e. The van der Waals surface area contributed by atoms with Gasteiger partial charge in [-0.05, 0) is 0 Å². The van der Waals surface area contributed by atoms with Crippen molar-refractivity contribution in [3.63, 3.8) is 0 Å². The van der Waals surface area contributed by atoms with E-state index in [1.54, 1.807) is 0 Å². The number of hydrogen-bond acceptors (Lipinski definition) is 8. The molecule has 3 heterocycles. The van der Waals surface area contributed by atoms with E-state index in [1.807, 2.05) is 14.7 Å². The fraction of sp³-hybridized carbons (Fsp3) is 0.600. The molecule has 0 aromatic heterocycles. The number of allylic oxidation sites excluding steroid dienone is 1. The summed E-state index contributed by atoms with van der Waals surface area (Å²) < 4.78 is 4.35. The first-order valence-electron chi connectivity index (χ1n) is 8.23. The van der Waals surface area contributed by atoms with Gasteiger partial charge in [-0.1, -0.05) is 0 Å². The number of carbonyl (C=O) groups excluding carboxylic acids is 2. The summed E-state index contributed by atoms with van der Waals surface area (Å²) in [5, 5.41) is -0.351. The number of ketones is 2. The van der Waals surface area contributed by atoms with Crippen LogP contribution in [0, 0.1) is 0 Å². The summed E-state index contributed by atoms with van der Waals surface area (Å²) in [7, 11) is -2.28. The molecule has 0 saturated carbocycles. The van der Waals surface area contributed by atoms with Gasteiger partial charge < -0.3 is 29.0 Å². The summed E-state index contributed by atoms with van der Waals surface area (Å²) >= 11 is 10.7. The fourth-order valence-electron chi connectivity index (χ4n) is 2.47. The van der Waals surface area contributed by atoms with Gasteiger partial charge in [-0.2, -0.15) is 0 Å². The van der Waals surface area contributed by atoms with Gasteiger partial charge in [0, 0.05) is 51.2 Å². The molecule has 4 rings (SSSR count). The highest BCUT2D eigenvalue weighted by Gasteiger charge is 2.43. The van der Waals surface area contributed by atoms with Gasteiger partial charge in [0.05, 0.1) is 17.7 Å². The van der Waals surface area contributed by atoms with Crippen LogP contribution in [-0.2, 0) is 14.1 Å². The van der Waals surface area contributed by atoms with Crippen molar-refractivity contribution >= 4 is 43.4 Å². The molecule has 8 nitrogen and oxygen atoms in total. The smallest absolute Gasteiger partial charge is 0.327 e. The first-order chi connectivity index (χ1) is 12.4. The lowest BCUT2D eigenvalue weighted by molar-refractivity contribution is -0.117. The van der Waals surface area contributed by atoms with Gasteiger partial charge in [0.15, 0.2) is 0 Å². The van der Waals surface area contributed by atoms with E-state index >= 15 is 0 Å². The topological polar surface area (TPSA) is 92.9 Å². The van der Waals surface area contributed by atoms with Crippen LogP contribution < -0.4 is 0 Å². The molecule has 3 fully saturated rings. The first kappa shape index (κ1) is 19.9. The minimum atomic E-state index is -2.28. The Kier molecular flexibility index (Phi) is 6.43. The monoisotopic (exact) mass is 423 g/mol. The zero-order valence-corrected chi connectivity index (χ0v) is 16.4. The Morgan fingerprint density at radius 1 is 1.04 bits per heavy atom. The molecule has 1 atom stereocenters. The number of Topliss-reactive ketones (excluding diaryl/α,β-unsaturated/α-hetero) is 1. The SMILES string of the molecule is O=C1C=C(N2CC2)C(=O)C(N2CC2)=C1N1CC1.OP(O)OCC(Cl)CCl. The molecule has 1 aliphatic carbocycles. The fourth-order valence-corrected chi connectivity index (χ4v) is 3.02. The maximum atomic E-state index is 12.4. The predicted octanol–water partition coefficient (Wildman–Crippen LogP) is 0.241. The Hall–Kier alpha value is -0.890. The van der Waals surface area contributed by atoms with Gasteiger partial charge >= 0.3 is 8.60 Å². The molecule has 26 heavy (non-hydrogen) atoms. The highest BCUT2D eigenvalue weighted by atomic mass is 35.5. The average molecular weight is 424 g/mol. The van der Waals surface area contributed by atoms with E-state index in [-0.39, 0.29) is 29.4 Å². The van der Waals surface area contributed by atoms with E-state index in [0.29, 0.717) is 17.1 Å². The number of halogens is 2. The lowest BCUT2D eigenvalue weighted by atomic mass is 10.0. The molecular formula is C15H20Cl2N3O5P. The number of alkyl halides is 2. The van der Waals surface area contributed by atoms with Crippen LogP contribution in [0.4, 0.5) is 0 Å². The molecule has 0 radical (unpaired) electrons. The maximum absolute atomic E-state index is 12.4. The molecule has 1 unspecified atom stereocenters. The standard InChI is InChI=1S/C12H13N3O2.C3H7Cl2O3P/c16-9-7-8(13-1-2-13)12(17)11(15-5-6-15)10(9)14-3-4-14;4-1-3(5)2-8-9(6)7/h7H,1-6H2;3,6-7H,1-2H2. The average Bonchev–Trinajstić information content (AvgIpc) is 3.47. The summed E-state index contributed by atoms with van der Waals surface area (Å²) in [6.45, 7) is 5.48. The van der Waals surface area contributed by atoms with Crippen molar-refractivity contribution in [1.29, 1.82) is 0 Å².